The SMILES string of the molecule is CN(C)CC(=O)Nc1ccc(Nc2ncc3c(n2)CN(C(=O)OC(C)(C)C)CC3)cn1. The molecule has 1 aliphatic heterocycles. The van der Waals surface area contributed by atoms with Gasteiger partial charge in [0.2, 0.25) is 11.9 Å². The number of ether oxygens (including phenoxy) is 1. The van der Waals surface area contributed by atoms with Crippen molar-refractivity contribution >= 4 is 29.5 Å². The zero-order valence-electron chi connectivity index (χ0n) is 18.6. The van der Waals surface area contributed by atoms with E-state index in [4.69, 9.17) is 4.74 Å². The number of nitrogens with zero attached hydrogens (tertiary/aromatic N) is 5. The molecule has 166 valence electrons. The summed E-state index contributed by atoms with van der Waals surface area (Å²) in [7, 11) is 3.65. The van der Waals surface area contributed by atoms with Gasteiger partial charge in [0.1, 0.15) is 11.4 Å². The molecule has 0 atom stereocenters. The number of nitrogens with one attached hydrogen (secondary N) is 2. The fourth-order valence-electron chi connectivity index (χ4n) is 2.99. The average molecular weight is 428 g/mol. The molecular formula is C21H29N7O3. The molecule has 3 rings (SSSR count). The number of fused-ring (bicyclic) bond motifs is 1. The van der Waals surface area contributed by atoms with E-state index in [0.29, 0.717) is 37.0 Å². The molecule has 2 amide bonds. The van der Waals surface area contributed by atoms with Gasteiger partial charge in [-0.1, -0.05) is 0 Å². The minimum atomic E-state index is -0.541. The summed E-state index contributed by atoms with van der Waals surface area (Å²) in [5.41, 5.74) is 1.95. The number of rotatable bonds is 5. The largest absolute Gasteiger partial charge is 0.444 e. The van der Waals surface area contributed by atoms with Crippen molar-refractivity contribution in [1.82, 2.24) is 24.8 Å². The topological polar surface area (TPSA) is 113 Å². The summed E-state index contributed by atoms with van der Waals surface area (Å²) in [5.74, 6) is 0.749. The van der Waals surface area contributed by atoms with Crippen LogP contribution in [-0.2, 0) is 22.5 Å². The normalized spacial score (nSPS) is 13.5. The van der Waals surface area contributed by atoms with E-state index in [2.05, 4.69) is 25.6 Å². The van der Waals surface area contributed by atoms with E-state index >= 15 is 0 Å². The first kappa shape index (κ1) is 22.4. The molecule has 3 heterocycles. The van der Waals surface area contributed by atoms with Crippen LogP contribution in [0.2, 0.25) is 0 Å². The van der Waals surface area contributed by atoms with Gasteiger partial charge in [-0.2, -0.15) is 0 Å². The molecule has 0 bridgehead atoms. The third kappa shape index (κ3) is 6.61. The summed E-state index contributed by atoms with van der Waals surface area (Å²) in [6, 6.07) is 3.49. The van der Waals surface area contributed by atoms with Gasteiger partial charge in [0.15, 0.2) is 0 Å². The van der Waals surface area contributed by atoms with E-state index in [-0.39, 0.29) is 18.5 Å². The Morgan fingerprint density at radius 3 is 2.61 bits per heavy atom. The number of anilines is 3. The second-order valence-electron chi connectivity index (χ2n) is 8.66. The van der Waals surface area contributed by atoms with Gasteiger partial charge in [0, 0.05) is 12.7 Å². The summed E-state index contributed by atoms with van der Waals surface area (Å²) < 4.78 is 5.46. The lowest BCUT2D eigenvalue weighted by Gasteiger charge is -2.30. The summed E-state index contributed by atoms with van der Waals surface area (Å²) in [6.45, 7) is 6.77. The third-order valence-corrected chi connectivity index (χ3v) is 4.34. The highest BCUT2D eigenvalue weighted by Gasteiger charge is 2.26. The average Bonchev–Trinajstić information content (AvgIpc) is 2.67. The van der Waals surface area contributed by atoms with Gasteiger partial charge in [0.25, 0.3) is 0 Å². The number of hydrogen-bond acceptors (Lipinski definition) is 8. The smallest absolute Gasteiger partial charge is 0.410 e. The molecule has 2 N–H and O–H groups in total. The Bertz CT molecular complexity index is 939. The van der Waals surface area contributed by atoms with Crippen LogP contribution in [0.5, 0.6) is 0 Å². The lowest BCUT2D eigenvalue weighted by Crippen LogP contribution is -2.40. The summed E-state index contributed by atoms with van der Waals surface area (Å²) >= 11 is 0. The Kier molecular flexibility index (Phi) is 6.69. The third-order valence-electron chi connectivity index (χ3n) is 4.34. The monoisotopic (exact) mass is 427 g/mol. The molecule has 0 saturated heterocycles. The van der Waals surface area contributed by atoms with E-state index in [1.54, 1.807) is 34.3 Å². The molecule has 0 radical (unpaired) electrons. The zero-order chi connectivity index (χ0) is 22.6. The maximum absolute atomic E-state index is 12.4. The van der Waals surface area contributed by atoms with Gasteiger partial charge < -0.3 is 25.2 Å². The lowest BCUT2D eigenvalue weighted by molar-refractivity contribution is -0.116. The van der Waals surface area contributed by atoms with Gasteiger partial charge in [-0.15, -0.1) is 0 Å². The number of likely N-dealkylation sites (N-methyl/N-ethyl adjacent to an activating group) is 1. The quantitative estimate of drug-likeness (QED) is 0.748. The number of carbonyl (C=O) groups excluding carboxylic acids is 2. The number of carbonyl (C=O) groups is 2. The molecular weight excluding hydrogens is 398 g/mol. The fraction of sp³-hybridized carbons (Fsp3) is 0.476. The molecule has 2 aromatic rings. The molecule has 0 spiro atoms. The molecule has 0 unspecified atom stereocenters. The predicted octanol–water partition coefficient (Wildman–Crippen LogP) is 2.41. The number of amides is 2. The molecule has 0 fully saturated rings. The van der Waals surface area contributed by atoms with Crippen molar-refractivity contribution < 1.29 is 14.3 Å². The standard InChI is InChI=1S/C21H29N7O3/c1-21(2,3)31-20(30)28-9-8-14-10-23-19(25-16(14)12-28)24-15-6-7-17(22-11-15)26-18(29)13-27(4)5/h6-7,10-11H,8-9,12-13H2,1-5H3,(H,22,26,29)(H,23,24,25). The van der Waals surface area contributed by atoms with E-state index in [1.807, 2.05) is 34.9 Å². The maximum atomic E-state index is 12.4. The van der Waals surface area contributed by atoms with Crippen molar-refractivity contribution in [2.75, 3.05) is 37.8 Å². The van der Waals surface area contributed by atoms with Crippen LogP contribution in [0.25, 0.3) is 0 Å². The molecule has 0 saturated carbocycles. The Morgan fingerprint density at radius 1 is 1.19 bits per heavy atom. The zero-order valence-corrected chi connectivity index (χ0v) is 18.6. The first-order valence-corrected chi connectivity index (χ1v) is 10.1. The van der Waals surface area contributed by atoms with E-state index in [1.165, 1.54) is 0 Å². The number of pyridine rings is 1. The van der Waals surface area contributed by atoms with Crippen molar-refractivity contribution in [1.29, 1.82) is 0 Å². The fourth-order valence-corrected chi connectivity index (χ4v) is 2.99. The van der Waals surface area contributed by atoms with Crippen molar-refractivity contribution in [3.05, 3.63) is 35.8 Å². The second-order valence-corrected chi connectivity index (χ2v) is 8.66. The summed E-state index contributed by atoms with van der Waals surface area (Å²) in [4.78, 5) is 40.8. The van der Waals surface area contributed by atoms with Gasteiger partial charge >= 0.3 is 6.09 Å². The van der Waals surface area contributed by atoms with Crippen LogP contribution >= 0.6 is 0 Å². The highest BCUT2D eigenvalue weighted by atomic mass is 16.6. The van der Waals surface area contributed by atoms with Gasteiger partial charge in [0.05, 0.1) is 30.7 Å². The highest BCUT2D eigenvalue weighted by Crippen LogP contribution is 2.21. The Labute approximate surface area is 182 Å². The van der Waals surface area contributed by atoms with Gasteiger partial charge in [-0.25, -0.2) is 19.7 Å². The minimum Gasteiger partial charge on any atom is -0.444 e. The Hall–Kier alpha value is -3.27. The van der Waals surface area contributed by atoms with E-state index < -0.39 is 5.60 Å². The highest BCUT2D eigenvalue weighted by molar-refractivity contribution is 5.91. The van der Waals surface area contributed by atoms with E-state index in [9.17, 15) is 9.59 Å². The van der Waals surface area contributed by atoms with Crippen LogP contribution in [0.15, 0.2) is 24.5 Å². The summed E-state index contributed by atoms with van der Waals surface area (Å²) in [6.07, 6.45) is 3.71. The van der Waals surface area contributed by atoms with Crippen molar-refractivity contribution in [3.8, 4) is 0 Å². The van der Waals surface area contributed by atoms with Crippen LogP contribution in [0.1, 0.15) is 32.0 Å². The van der Waals surface area contributed by atoms with Crippen LogP contribution in [0.4, 0.5) is 22.2 Å². The van der Waals surface area contributed by atoms with Crippen LogP contribution in [-0.4, -0.2) is 69.5 Å². The van der Waals surface area contributed by atoms with Crippen LogP contribution < -0.4 is 10.6 Å². The number of hydrogen-bond donors (Lipinski definition) is 2. The molecule has 31 heavy (non-hydrogen) atoms. The molecule has 10 nitrogen and oxygen atoms in total. The van der Waals surface area contributed by atoms with Crippen molar-refractivity contribution in [3.63, 3.8) is 0 Å². The Balaban J connectivity index is 1.63. The van der Waals surface area contributed by atoms with Crippen molar-refractivity contribution in [2.24, 2.45) is 0 Å². The first-order chi connectivity index (χ1) is 14.6. The lowest BCUT2D eigenvalue weighted by atomic mass is 10.1. The molecule has 0 aliphatic carbocycles. The molecule has 1 aliphatic rings. The first-order valence-electron chi connectivity index (χ1n) is 10.1. The molecule has 2 aromatic heterocycles. The van der Waals surface area contributed by atoms with Gasteiger partial charge in [-0.3, -0.25) is 4.79 Å². The van der Waals surface area contributed by atoms with Gasteiger partial charge in [-0.05, 0) is 59.0 Å². The second kappa shape index (κ2) is 9.25. The van der Waals surface area contributed by atoms with E-state index in [0.717, 1.165) is 11.3 Å². The molecule has 10 heteroatoms. The number of aromatic nitrogens is 3. The summed E-state index contributed by atoms with van der Waals surface area (Å²) in [5, 5.41) is 5.85. The van der Waals surface area contributed by atoms with Crippen LogP contribution in [0.3, 0.4) is 0 Å². The maximum Gasteiger partial charge on any atom is 0.410 e. The minimum absolute atomic E-state index is 0.134. The molecule has 0 aromatic carbocycles. The van der Waals surface area contributed by atoms with Crippen molar-refractivity contribution in [2.45, 2.75) is 39.3 Å². The van der Waals surface area contributed by atoms with Crippen LogP contribution in [0, 0.1) is 0 Å². The Morgan fingerprint density at radius 2 is 1.97 bits per heavy atom. The predicted molar refractivity (Wildman–Crippen MR) is 117 cm³/mol.